The third-order valence-corrected chi connectivity index (χ3v) is 6.85. The summed E-state index contributed by atoms with van der Waals surface area (Å²) in [6.45, 7) is 5.50. The number of ether oxygens (including phenoxy) is 1. The fourth-order valence-corrected chi connectivity index (χ4v) is 5.13. The SMILES string of the molecule is COc1ccc2c(c1)CCC(CN1CCN(C(c3ccccc3)c3ccccc3)CC1)=C2.O=S(=O)(O)O. The summed E-state index contributed by atoms with van der Waals surface area (Å²) >= 11 is 0. The molecule has 5 rings (SSSR count). The Balaban J connectivity index is 0.000000586. The van der Waals surface area contributed by atoms with Crippen molar-refractivity contribution in [1.29, 1.82) is 0 Å². The number of hydrogen-bond acceptors (Lipinski definition) is 5. The number of benzene rings is 3. The summed E-state index contributed by atoms with van der Waals surface area (Å²) in [7, 11) is -2.92. The van der Waals surface area contributed by atoms with Gasteiger partial charge in [0.1, 0.15) is 5.75 Å². The van der Waals surface area contributed by atoms with Gasteiger partial charge < -0.3 is 4.74 Å². The highest BCUT2D eigenvalue weighted by Gasteiger charge is 2.26. The van der Waals surface area contributed by atoms with E-state index in [2.05, 4.69) is 94.7 Å². The highest BCUT2D eigenvalue weighted by molar-refractivity contribution is 7.79. The van der Waals surface area contributed by atoms with Crippen LogP contribution in [0.15, 0.2) is 84.4 Å². The second kappa shape index (κ2) is 12.5. The molecule has 1 fully saturated rings. The lowest BCUT2D eigenvalue weighted by atomic mass is 9.91. The van der Waals surface area contributed by atoms with Crippen LogP contribution in [-0.2, 0) is 16.8 Å². The second-order valence-corrected chi connectivity index (χ2v) is 10.2. The van der Waals surface area contributed by atoms with Gasteiger partial charge in [0.25, 0.3) is 0 Å². The van der Waals surface area contributed by atoms with Crippen LogP contribution in [0.25, 0.3) is 6.08 Å². The van der Waals surface area contributed by atoms with Crippen molar-refractivity contribution >= 4 is 16.5 Å². The fraction of sp³-hybridized carbons (Fsp3) is 0.310. The van der Waals surface area contributed by atoms with E-state index in [1.54, 1.807) is 12.7 Å². The minimum Gasteiger partial charge on any atom is -0.497 e. The van der Waals surface area contributed by atoms with Crippen molar-refractivity contribution in [3.63, 3.8) is 0 Å². The number of hydrogen-bond donors (Lipinski definition) is 2. The quantitative estimate of drug-likeness (QED) is 0.450. The molecule has 0 saturated carbocycles. The Labute approximate surface area is 219 Å². The molecule has 0 radical (unpaired) electrons. The van der Waals surface area contributed by atoms with Crippen molar-refractivity contribution < 1.29 is 22.3 Å². The Hall–Kier alpha value is -3.01. The summed E-state index contributed by atoms with van der Waals surface area (Å²) < 4.78 is 37.0. The van der Waals surface area contributed by atoms with Gasteiger partial charge in [-0.25, -0.2) is 0 Å². The molecule has 1 aliphatic carbocycles. The van der Waals surface area contributed by atoms with Crippen molar-refractivity contribution in [1.82, 2.24) is 9.80 Å². The van der Waals surface area contributed by atoms with Crippen molar-refractivity contribution in [2.45, 2.75) is 18.9 Å². The van der Waals surface area contributed by atoms with Crippen molar-refractivity contribution in [3.05, 3.63) is 107 Å². The lowest BCUT2D eigenvalue weighted by molar-refractivity contribution is 0.115. The molecule has 8 heteroatoms. The maximum absolute atomic E-state index is 8.74. The third kappa shape index (κ3) is 7.99. The molecule has 0 spiro atoms. The average Bonchev–Trinajstić information content (AvgIpc) is 2.90. The molecule has 0 aromatic heterocycles. The van der Waals surface area contributed by atoms with Gasteiger partial charge in [0.15, 0.2) is 0 Å². The Kier molecular flexibility index (Phi) is 9.13. The monoisotopic (exact) mass is 522 g/mol. The van der Waals surface area contributed by atoms with Gasteiger partial charge in [-0.2, -0.15) is 8.42 Å². The smallest absolute Gasteiger partial charge is 0.394 e. The van der Waals surface area contributed by atoms with E-state index < -0.39 is 10.4 Å². The first-order chi connectivity index (χ1) is 17.8. The van der Waals surface area contributed by atoms with Gasteiger partial charge in [0.05, 0.1) is 13.2 Å². The zero-order chi connectivity index (χ0) is 26.3. The predicted molar refractivity (Wildman–Crippen MR) is 146 cm³/mol. The van der Waals surface area contributed by atoms with Crippen molar-refractivity contribution in [2.24, 2.45) is 0 Å². The van der Waals surface area contributed by atoms with Gasteiger partial charge in [-0.3, -0.25) is 18.9 Å². The summed E-state index contributed by atoms with van der Waals surface area (Å²) in [6, 6.07) is 28.7. The Bertz CT molecular complexity index is 1240. The molecule has 2 N–H and O–H groups in total. The molecular weight excluding hydrogens is 488 g/mol. The predicted octanol–water partition coefficient (Wildman–Crippen LogP) is 4.78. The molecule has 0 atom stereocenters. The molecule has 1 aliphatic heterocycles. The Morgan fingerprint density at radius 1 is 0.838 bits per heavy atom. The molecule has 3 aromatic rings. The molecule has 1 heterocycles. The first-order valence-electron chi connectivity index (χ1n) is 12.4. The number of nitrogens with zero attached hydrogens (tertiary/aromatic N) is 2. The number of aryl methyl sites for hydroxylation is 1. The van der Waals surface area contributed by atoms with Gasteiger partial charge in [-0.05, 0) is 47.2 Å². The topological polar surface area (TPSA) is 90.3 Å². The summed E-state index contributed by atoms with van der Waals surface area (Å²) in [5.41, 5.74) is 7.09. The van der Waals surface area contributed by atoms with E-state index in [9.17, 15) is 0 Å². The van der Waals surface area contributed by atoms with Gasteiger partial charge >= 0.3 is 10.4 Å². The van der Waals surface area contributed by atoms with Crippen LogP contribution in [0.2, 0.25) is 0 Å². The van der Waals surface area contributed by atoms with E-state index in [1.165, 1.54) is 22.3 Å². The first-order valence-corrected chi connectivity index (χ1v) is 13.8. The summed E-state index contributed by atoms with van der Waals surface area (Å²) in [5, 5.41) is 0. The van der Waals surface area contributed by atoms with Crippen LogP contribution < -0.4 is 4.74 Å². The molecular formula is C29H34N2O5S. The van der Waals surface area contributed by atoms with Gasteiger partial charge in [-0.15, -0.1) is 0 Å². The lowest BCUT2D eigenvalue weighted by Crippen LogP contribution is -2.48. The van der Waals surface area contributed by atoms with Crippen LogP contribution >= 0.6 is 0 Å². The fourth-order valence-electron chi connectivity index (χ4n) is 5.13. The Morgan fingerprint density at radius 2 is 1.41 bits per heavy atom. The molecule has 7 nitrogen and oxygen atoms in total. The normalized spacial score (nSPS) is 16.4. The first kappa shape index (κ1) is 27.0. The van der Waals surface area contributed by atoms with Gasteiger partial charge in [-0.1, -0.05) is 78.4 Å². The van der Waals surface area contributed by atoms with Crippen LogP contribution in [0, 0.1) is 0 Å². The summed E-state index contributed by atoms with van der Waals surface area (Å²) in [4.78, 5) is 5.28. The molecule has 1 saturated heterocycles. The zero-order valence-electron chi connectivity index (χ0n) is 21.0. The van der Waals surface area contributed by atoms with E-state index in [0.29, 0.717) is 6.04 Å². The van der Waals surface area contributed by atoms with Crippen molar-refractivity contribution in [3.8, 4) is 5.75 Å². The molecule has 0 amide bonds. The number of piperazine rings is 1. The number of rotatable bonds is 6. The molecule has 196 valence electrons. The maximum Gasteiger partial charge on any atom is 0.394 e. The van der Waals surface area contributed by atoms with Crippen LogP contribution in [0.1, 0.15) is 34.7 Å². The summed E-state index contributed by atoms with van der Waals surface area (Å²) in [6.07, 6.45) is 4.67. The van der Waals surface area contributed by atoms with E-state index in [0.717, 1.165) is 51.3 Å². The van der Waals surface area contributed by atoms with Crippen LogP contribution in [0.5, 0.6) is 5.75 Å². The molecule has 2 aliphatic rings. The Morgan fingerprint density at radius 3 is 1.95 bits per heavy atom. The number of methoxy groups -OCH3 is 1. The van der Waals surface area contributed by atoms with Gasteiger partial charge in [0.2, 0.25) is 0 Å². The maximum atomic E-state index is 8.74. The van der Waals surface area contributed by atoms with E-state index in [1.807, 2.05) is 0 Å². The zero-order valence-corrected chi connectivity index (χ0v) is 21.8. The van der Waals surface area contributed by atoms with E-state index in [4.69, 9.17) is 22.3 Å². The molecule has 0 unspecified atom stereocenters. The molecule has 3 aromatic carbocycles. The van der Waals surface area contributed by atoms with Crippen molar-refractivity contribution in [2.75, 3.05) is 39.8 Å². The highest BCUT2D eigenvalue weighted by atomic mass is 32.3. The number of fused-ring (bicyclic) bond motifs is 1. The van der Waals surface area contributed by atoms with E-state index in [-0.39, 0.29) is 0 Å². The van der Waals surface area contributed by atoms with Gasteiger partial charge in [0, 0.05) is 32.7 Å². The highest BCUT2D eigenvalue weighted by Crippen LogP contribution is 2.31. The lowest BCUT2D eigenvalue weighted by Gasteiger charge is -2.40. The minimum absolute atomic E-state index is 0.329. The third-order valence-electron chi connectivity index (χ3n) is 6.85. The minimum atomic E-state index is -4.67. The molecule has 0 bridgehead atoms. The van der Waals surface area contributed by atoms with Crippen LogP contribution in [0.4, 0.5) is 0 Å². The van der Waals surface area contributed by atoms with Crippen LogP contribution in [-0.4, -0.2) is 67.2 Å². The molecule has 37 heavy (non-hydrogen) atoms. The van der Waals surface area contributed by atoms with E-state index >= 15 is 0 Å². The summed E-state index contributed by atoms with van der Waals surface area (Å²) in [5.74, 6) is 0.961. The van der Waals surface area contributed by atoms with Crippen LogP contribution in [0.3, 0.4) is 0 Å². The standard InChI is InChI=1S/C29H32N2O.H2O4S/c1-32-28-15-14-26-20-23(12-13-27(26)21-28)22-30-16-18-31(19-17-30)29(24-8-4-2-5-9-24)25-10-6-3-7-11-25;1-5(2,3)4/h2-11,14-15,20-21,29H,12-13,16-19,22H2,1H3;(H2,1,2,3,4). The largest absolute Gasteiger partial charge is 0.497 e. The average molecular weight is 523 g/mol. The second-order valence-electron chi connectivity index (χ2n) is 9.35.